The number of hydrogen-bond acceptors (Lipinski definition) is 8. The molecule has 0 saturated carbocycles. The highest BCUT2D eigenvalue weighted by Gasteiger charge is 2.33. The van der Waals surface area contributed by atoms with Crippen molar-refractivity contribution >= 4 is 59.7 Å². The molecule has 2 amide bonds. The Hall–Kier alpha value is -3.16. The van der Waals surface area contributed by atoms with E-state index in [0.717, 1.165) is 31.2 Å². The molecule has 0 bridgehead atoms. The summed E-state index contributed by atoms with van der Waals surface area (Å²) in [6.07, 6.45) is 0.294. The quantitative estimate of drug-likeness (QED) is 0.342. The van der Waals surface area contributed by atoms with Crippen molar-refractivity contribution in [3.8, 4) is 10.6 Å². The summed E-state index contributed by atoms with van der Waals surface area (Å²) in [7, 11) is -3.71. The Bertz CT molecular complexity index is 1700. The number of nitrogens with one attached hydrogen (secondary N) is 1. The van der Waals surface area contributed by atoms with Crippen LogP contribution in [0, 0.1) is 0 Å². The maximum atomic E-state index is 13.4. The number of anilines is 1. The maximum absolute atomic E-state index is 13.4. The topological polar surface area (TPSA) is 109 Å². The number of para-hydroxylation sites is 1. The van der Waals surface area contributed by atoms with Crippen molar-refractivity contribution in [1.82, 2.24) is 14.2 Å². The Labute approximate surface area is 246 Å². The molecule has 1 saturated heterocycles. The van der Waals surface area contributed by atoms with Gasteiger partial charge in [-0.2, -0.15) is 4.31 Å². The largest absolute Gasteiger partial charge is 0.373 e. The first-order valence-corrected chi connectivity index (χ1v) is 16.5. The summed E-state index contributed by atoms with van der Waals surface area (Å²) >= 11 is 3.04. The normalized spacial score (nSPS) is 19.7. The van der Waals surface area contributed by atoms with Crippen LogP contribution in [0.1, 0.15) is 41.6 Å². The smallest absolute Gasteiger partial charge is 0.256 e. The molecule has 12 heteroatoms. The summed E-state index contributed by atoms with van der Waals surface area (Å²) in [5.41, 5.74) is 3.25. The van der Waals surface area contributed by atoms with Gasteiger partial charge in [-0.3, -0.25) is 9.59 Å². The van der Waals surface area contributed by atoms with Crippen molar-refractivity contribution in [2.24, 2.45) is 0 Å². The second kappa shape index (κ2) is 10.9. The maximum Gasteiger partial charge on any atom is 0.256 e. The van der Waals surface area contributed by atoms with Crippen molar-refractivity contribution in [2.45, 2.75) is 50.8 Å². The predicted octanol–water partition coefficient (Wildman–Crippen LogP) is 4.98. The SMILES string of the molecule is CC(=O)N1CCc2c(sc(NC(=O)c3ccc(S(=O)(=O)N4CC(C)OC(C)C4)cc3)c2-c2nc3ccccc3s2)C1. The molecule has 4 heterocycles. The van der Waals surface area contributed by atoms with Crippen LogP contribution in [0.4, 0.5) is 5.00 Å². The van der Waals surface area contributed by atoms with E-state index in [4.69, 9.17) is 9.72 Å². The molecule has 6 rings (SSSR count). The first-order chi connectivity index (χ1) is 19.6. The summed E-state index contributed by atoms with van der Waals surface area (Å²) < 4.78 is 34.7. The van der Waals surface area contributed by atoms with E-state index >= 15 is 0 Å². The lowest BCUT2D eigenvalue weighted by molar-refractivity contribution is -0.129. The Morgan fingerprint density at radius 3 is 2.41 bits per heavy atom. The second-order valence-corrected chi connectivity index (χ2v) is 14.5. The lowest BCUT2D eigenvalue weighted by atomic mass is 10.0. The van der Waals surface area contributed by atoms with Crippen LogP contribution in [0.15, 0.2) is 53.4 Å². The number of amides is 2. The zero-order chi connectivity index (χ0) is 28.9. The van der Waals surface area contributed by atoms with Crippen LogP contribution in [-0.4, -0.2) is 66.3 Å². The van der Waals surface area contributed by atoms with Crippen LogP contribution in [-0.2, 0) is 32.5 Å². The fourth-order valence-corrected chi connectivity index (χ4v) is 9.35. The first-order valence-electron chi connectivity index (χ1n) is 13.4. The lowest BCUT2D eigenvalue weighted by Gasteiger charge is -2.34. The number of aromatic nitrogens is 1. The minimum Gasteiger partial charge on any atom is -0.373 e. The molecule has 0 radical (unpaired) electrons. The fourth-order valence-electron chi connectivity index (χ4n) is 5.40. The number of carbonyl (C=O) groups excluding carboxylic acids is 2. The van der Waals surface area contributed by atoms with E-state index in [2.05, 4.69) is 5.32 Å². The summed E-state index contributed by atoms with van der Waals surface area (Å²) in [6.45, 7) is 6.96. The summed E-state index contributed by atoms with van der Waals surface area (Å²) in [5, 5.41) is 4.57. The minimum atomic E-state index is -3.71. The Balaban J connectivity index is 1.29. The highest BCUT2D eigenvalue weighted by atomic mass is 32.2. The van der Waals surface area contributed by atoms with Crippen LogP contribution >= 0.6 is 22.7 Å². The van der Waals surface area contributed by atoms with Crippen molar-refractivity contribution in [2.75, 3.05) is 25.0 Å². The average molecular weight is 611 g/mol. The van der Waals surface area contributed by atoms with Crippen LogP contribution in [0.25, 0.3) is 20.8 Å². The van der Waals surface area contributed by atoms with Gasteiger partial charge in [-0.05, 0) is 62.2 Å². The summed E-state index contributed by atoms with van der Waals surface area (Å²) in [5.74, 6) is -0.320. The van der Waals surface area contributed by atoms with Crippen LogP contribution in [0.5, 0.6) is 0 Å². The van der Waals surface area contributed by atoms with Gasteiger partial charge in [0.1, 0.15) is 10.0 Å². The minimum absolute atomic E-state index is 0.0206. The van der Waals surface area contributed by atoms with Gasteiger partial charge in [-0.25, -0.2) is 13.4 Å². The van der Waals surface area contributed by atoms with Gasteiger partial charge in [0.2, 0.25) is 15.9 Å². The molecule has 9 nitrogen and oxygen atoms in total. The number of hydrogen-bond donors (Lipinski definition) is 1. The number of morpholine rings is 1. The molecular weight excluding hydrogens is 581 g/mol. The lowest BCUT2D eigenvalue weighted by Crippen LogP contribution is -2.48. The van der Waals surface area contributed by atoms with Gasteiger partial charge in [0.25, 0.3) is 5.91 Å². The van der Waals surface area contributed by atoms with E-state index in [-0.39, 0.29) is 42.0 Å². The number of carbonyl (C=O) groups is 2. The van der Waals surface area contributed by atoms with Gasteiger partial charge in [0.05, 0.1) is 33.9 Å². The number of fused-ring (bicyclic) bond motifs is 2. The van der Waals surface area contributed by atoms with E-state index in [1.165, 1.54) is 39.9 Å². The monoisotopic (exact) mass is 610 g/mol. The molecule has 0 spiro atoms. The molecule has 2 aliphatic rings. The van der Waals surface area contributed by atoms with E-state index < -0.39 is 10.0 Å². The van der Waals surface area contributed by atoms with E-state index in [1.807, 2.05) is 43.0 Å². The van der Waals surface area contributed by atoms with Gasteiger partial charge >= 0.3 is 0 Å². The number of thiazole rings is 1. The van der Waals surface area contributed by atoms with E-state index in [9.17, 15) is 18.0 Å². The van der Waals surface area contributed by atoms with Gasteiger partial charge in [-0.15, -0.1) is 22.7 Å². The molecule has 0 aliphatic carbocycles. The zero-order valence-corrected chi connectivity index (χ0v) is 25.4. The molecule has 1 N–H and O–H groups in total. The second-order valence-electron chi connectivity index (χ2n) is 10.4. The molecule has 2 atom stereocenters. The number of benzene rings is 2. The third-order valence-corrected chi connectivity index (χ3v) is 11.4. The highest BCUT2D eigenvalue weighted by Crippen LogP contribution is 2.45. The van der Waals surface area contributed by atoms with Crippen LogP contribution in [0.2, 0.25) is 0 Å². The van der Waals surface area contributed by atoms with E-state index in [0.29, 0.717) is 30.1 Å². The standard InChI is InChI=1S/C29H30N4O5S3/c1-17-14-33(15-18(2)38-17)41(36,37)21-10-8-20(9-11-21)27(35)31-29-26(28-30-23-6-4-5-7-24(23)39-28)22-12-13-32(19(3)34)16-25(22)40-29/h4-11,17-18H,12-16H2,1-3H3,(H,31,35). The molecule has 41 heavy (non-hydrogen) atoms. The fraction of sp³-hybridized carbons (Fsp3) is 0.345. The van der Waals surface area contributed by atoms with Crippen LogP contribution in [0.3, 0.4) is 0 Å². The number of thiophene rings is 1. The van der Waals surface area contributed by atoms with E-state index in [1.54, 1.807) is 18.3 Å². The predicted molar refractivity (Wildman–Crippen MR) is 161 cm³/mol. The Kier molecular flexibility index (Phi) is 7.45. The van der Waals surface area contributed by atoms with Crippen molar-refractivity contribution < 1.29 is 22.7 Å². The first kappa shape index (κ1) is 28.0. The third-order valence-electron chi connectivity index (χ3n) is 7.38. The molecule has 4 aromatic rings. The van der Waals surface area contributed by atoms with Gasteiger partial charge < -0.3 is 15.0 Å². The molecular formula is C29H30N4O5S3. The summed E-state index contributed by atoms with van der Waals surface area (Å²) in [4.78, 5) is 33.4. The van der Waals surface area contributed by atoms with Crippen molar-refractivity contribution in [3.05, 3.63) is 64.5 Å². The molecule has 2 unspecified atom stereocenters. The molecule has 214 valence electrons. The number of sulfonamides is 1. The Morgan fingerprint density at radius 1 is 1.02 bits per heavy atom. The van der Waals surface area contributed by atoms with Crippen molar-refractivity contribution in [3.63, 3.8) is 0 Å². The number of rotatable bonds is 5. The molecule has 2 aliphatic heterocycles. The highest BCUT2D eigenvalue weighted by molar-refractivity contribution is 7.89. The van der Waals surface area contributed by atoms with Gasteiger partial charge in [0.15, 0.2) is 0 Å². The molecule has 2 aromatic carbocycles. The Morgan fingerprint density at radius 2 is 1.73 bits per heavy atom. The summed E-state index contributed by atoms with van der Waals surface area (Å²) in [6, 6.07) is 14.0. The van der Waals surface area contributed by atoms with Crippen LogP contribution < -0.4 is 5.32 Å². The van der Waals surface area contributed by atoms with Gasteiger partial charge in [0, 0.05) is 42.6 Å². The molecule has 1 fully saturated rings. The average Bonchev–Trinajstić information content (AvgIpc) is 3.52. The third kappa shape index (κ3) is 5.42. The number of nitrogens with zero attached hydrogens (tertiary/aromatic N) is 3. The zero-order valence-electron chi connectivity index (χ0n) is 22.9. The van der Waals surface area contributed by atoms with Crippen molar-refractivity contribution in [1.29, 1.82) is 0 Å². The molecule has 2 aromatic heterocycles. The number of ether oxygens (including phenoxy) is 1. The van der Waals surface area contributed by atoms with Gasteiger partial charge in [-0.1, -0.05) is 12.1 Å².